The van der Waals surface area contributed by atoms with E-state index in [0.29, 0.717) is 12.8 Å². The first-order valence-corrected chi connectivity index (χ1v) is 7.18. The first-order chi connectivity index (χ1) is 10.5. The minimum Gasteiger partial charge on any atom is -0.367 e. The van der Waals surface area contributed by atoms with Gasteiger partial charge in [0.2, 0.25) is 6.54 Å². The molecule has 0 aromatic heterocycles. The van der Waals surface area contributed by atoms with E-state index in [-0.39, 0.29) is 29.0 Å². The van der Waals surface area contributed by atoms with Crippen LogP contribution in [0.2, 0.25) is 0 Å². The van der Waals surface area contributed by atoms with E-state index in [9.17, 15) is 19.7 Å². The second-order valence-electron chi connectivity index (χ2n) is 5.03. The molecular formula is C14H22N2O6. The van der Waals surface area contributed by atoms with Crippen molar-refractivity contribution in [2.75, 3.05) is 13.7 Å². The van der Waals surface area contributed by atoms with Crippen LogP contribution in [-0.4, -0.2) is 30.1 Å². The molecule has 0 spiro atoms. The van der Waals surface area contributed by atoms with Crippen molar-refractivity contribution >= 4 is 11.6 Å². The van der Waals surface area contributed by atoms with Gasteiger partial charge in [-0.05, 0) is 31.8 Å². The summed E-state index contributed by atoms with van der Waals surface area (Å²) in [6, 6.07) is 0. The fourth-order valence-corrected chi connectivity index (χ4v) is 2.17. The Bertz CT molecular complexity index is 406. The normalized spacial score (nSPS) is 20.0. The maximum atomic E-state index is 10.8. The average molecular weight is 314 g/mol. The molecule has 124 valence electrons. The van der Waals surface area contributed by atoms with Gasteiger partial charge in [-0.25, -0.2) is 0 Å². The topological polar surface area (TPSA) is 116 Å². The van der Waals surface area contributed by atoms with E-state index in [1.807, 2.05) is 11.4 Å². The zero-order valence-electron chi connectivity index (χ0n) is 12.7. The van der Waals surface area contributed by atoms with Gasteiger partial charge in [0.25, 0.3) is 0 Å². The lowest BCUT2D eigenvalue weighted by Crippen LogP contribution is -2.21. The Morgan fingerprint density at radius 3 is 2.41 bits per heavy atom. The highest BCUT2D eigenvalue weighted by Crippen LogP contribution is 2.20. The van der Waals surface area contributed by atoms with Crippen molar-refractivity contribution in [3.63, 3.8) is 0 Å². The lowest BCUT2D eigenvalue weighted by molar-refractivity contribution is -0.488. The summed E-state index contributed by atoms with van der Waals surface area (Å²) in [5, 5.41) is 12.1. The lowest BCUT2D eigenvalue weighted by atomic mass is 9.88. The first kappa shape index (κ1) is 19.9. The fourth-order valence-electron chi connectivity index (χ4n) is 2.17. The van der Waals surface area contributed by atoms with Gasteiger partial charge in [0.1, 0.15) is 12.9 Å². The van der Waals surface area contributed by atoms with Crippen molar-refractivity contribution in [2.24, 2.45) is 11.3 Å². The van der Waals surface area contributed by atoms with Crippen LogP contribution in [0.1, 0.15) is 44.9 Å². The maximum absolute atomic E-state index is 10.8. The van der Waals surface area contributed by atoms with Crippen molar-refractivity contribution in [2.45, 2.75) is 44.9 Å². The largest absolute Gasteiger partial charge is 0.367 e. The smallest absolute Gasteiger partial charge is 0.207 e. The predicted molar refractivity (Wildman–Crippen MR) is 79.6 cm³/mol. The minimum absolute atomic E-state index is 0.00579. The highest BCUT2D eigenvalue weighted by atomic mass is 16.7. The molecule has 0 bridgehead atoms. The van der Waals surface area contributed by atoms with Gasteiger partial charge in [-0.3, -0.25) is 19.7 Å². The highest BCUT2D eigenvalue weighted by Gasteiger charge is 2.23. The van der Waals surface area contributed by atoms with Crippen LogP contribution in [0, 0.1) is 20.9 Å². The average Bonchev–Trinajstić information content (AvgIpc) is 2.48. The predicted octanol–water partition coefficient (Wildman–Crippen LogP) is 2.63. The van der Waals surface area contributed by atoms with Crippen LogP contribution >= 0.6 is 0 Å². The Hall–Kier alpha value is -2.12. The van der Waals surface area contributed by atoms with Gasteiger partial charge in [0, 0.05) is 30.1 Å². The Balaban J connectivity index is 0.000000343. The number of carbonyl (C=O) groups excluding carboxylic acids is 2. The Labute approximate surface area is 129 Å². The summed E-state index contributed by atoms with van der Waals surface area (Å²) < 4.78 is 0. The molecule has 2 aliphatic rings. The van der Waals surface area contributed by atoms with Gasteiger partial charge in [0.05, 0.1) is 0 Å². The number of allylic oxidation sites excluding steroid dienone is 2. The number of hydrogen-bond acceptors (Lipinski definition) is 7. The van der Waals surface area contributed by atoms with Gasteiger partial charge >= 0.3 is 0 Å². The maximum Gasteiger partial charge on any atom is 0.207 e. The number of hydrogen-bond donors (Lipinski definition) is 0. The molecule has 22 heavy (non-hydrogen) atoms. The number of nitrogens with zero attached hydrogens (tertiary/aromatic N) is 2. The zero-order chi connectivity index (χ0) is 16.8. The number of rotatable bonds is 3. The van der Waals surface area contributed by atoms with Crippen molar-refractivity contribution in [1.82, 2.24) is 0 Å². The van der Waals surface area contributed by atoms with E-state index < -0.39 is 0 Å². The van der Waals surface area contributed by atoms with Crippen molar-refractivity contribution in [1.29, 1.82) is 0 Å². The molecule has 8 heteroatoms. The Morgan fingerprint density at radius 1 is 1.36 bits per heavy atom. The molecule has 0 aromatic rings. The van der Waals surface area contributed by atoms with Gasteiger partial charge < -0.3 is 4.84 Å². The molecule has 0 aromatic carbocycles. The van der Waals surface area contributed by atoms with Crippen molar-refractivity contribution in [3.05, 3.63) is 27.2 Å². The Morgan fingerprint density at radius 2 is 2.05 bits per heavy atom. The summed E-state index contributed by atoms with van der Waals surface area (Å²) >= 11 is 0. The number of nitro groups is 1. The summed E-state index contributed by atoms with van der Waals surface area (Å²) in [7, 11) is 1.20. The van der Waals surface area contributed by atoms with Crippen molar-refractivity contribution in [3.8, 4) is 0 Å². The number of carbonyl (C=O) groups is 2. The van der Waals surface area contributed by atoms with E-state index in [4.69, 9.17) is 4.91 Å². The Kier molecular flexibility index (Phi) is 11.4. The van der Waals surface area contributed by atoms with Crippen LogP contribution < -0.4 is 0 Å². The SMILES string of the molecule is CON=O.O=C1C=CCCC1.O=C1CCCC(C[N+](=O)[O-])C1. The van der Waals surface area contributed by atoms with E-state index in [2.05, 4.69) is 4.84 Å². The molecule has 0 saturated heterocycles. The second-order valence-corrected chi connectivity index (χ2v) is 5.03. The summed E-state index contributed by atoms with van der Waals surface area (Å²) in [4.78, 5) is 43.3. The monoisotopic (exact) mass is 314 g/mol. The molecule has 2 rings (SSSR count). The number of Topliss-reactive ketones (excluding diaryl/α,β-unsaturated/α-hetero) is 1. The lowest BCUT2D eigenvalue weighted by Gasteiger charge is -2.16. The molecule has 1 atom stereocenters. The molecule has 0 N–H and O–H groups in total. The molecule has 0 amide bonds. The second kappa shape index (κ2) is 12.6. The van der Waals surface area contributed by atoms with Gasteiger partial charge in [-0.2, -0.15) is 0 Å². The third-order valence-electron chi connectivity index (χ3n) is 3.16. The van der Waals surface area contributed by atoms with Crippen LogP contribution in [-0.2, 0) is 14.4 Å². The van der Waals surface area contributed by atoms with Gasteiger partial charge in [0.15, 0.2) is 11.1 Å². The molecule has 2 aliphatic carbocycles. The third-order valence-corrected chi connectivity index (χ3v) is 3.16. The molecule has 1 fully saturated rings. The van der Waals surface area contributed by atoms with E-state index >= 15 is 0 Å². The highest BCUT2D eigenvalue weighted by molar-refractivity contribution is 5.90. The van der Waals surface area contributed by atoms with Crippen LogP contribution in [0.5, 0.6) is 0 Å². The fraction of sp³-hybridized carbons (Fsp3) is 0.714. The van der Waals surface area contributed by atoms with Crippen LogP contribution in [0.4, 0.5) is 0 Å². The standard InChI is InChI=1S/C7H11NO3.C6H8O.CH3NO2/c9-7-3-1-2-6(4-7)5-8(10)11;7-6-4-2-1-3-5-6;1-4-2-3/h6H,1-5H2;2,4H,1,3,5H2;1H3. The van der Waals surface area contributed by atoms with E-state index in [0.717, 1.165) is 32.1 Å². The molecule has 1 saturated carbocycles. The molecule has 1 unspecified atom stereocenters. The van der Waals surface area contributed by atoms with Crippen molar-refractivity contribution < 1.29 is 19.3 Å². The van der Waals surface area contributed by atoms with Crippen LogP contribution in [0.15, 0.2) is 17.5 Å². The first-order valence-electron chi connectivity index (χ1n) is 7.18. The molecular weight excluding hydrogens is 292 g/mol. The minimum atomic E-state index is -0.330. The van der Waals surface area contributed by atoms with Crippen LogP contribution in [0.3, 0.4) is 0 Å². The summed E-state index contributed by atoms with van der Waals surface area (Å²) in [6.07, 6.45) is 9.21. The summed E-state index contributed by atoms with van der Waals surface area (Å²) in [6.45, 7) is -0.0360. The number of ketones is 2. The molecule has 0 aliphatic heterocycles. The third kappa shape index (κ3) is 11.7. The van der Waals surface area contributed by atoms with Crippen LogP contribution in [0.25, 0.3) is 0 Å². The van der Waals surface area contributed by atoms with Gasteiger partial charge in [-0.1, -0.05) is 6.08 Å². The van der Waals surface area contributed by atoms with E-state index in [1.54, 1.807) is 6.08 Å². The molecule has 8 nitrogen and oxygen atoms in total. The molecule has 0 heterocycles. The zero-order valence-corrected chi connectivity index (χ0v) is 12.7. The quantitative estimate of drug-likeness (QED) is 0.449. The van der Waals surface area contributed by atoms with Gasteiger partial charge in [-0.15, -0.1) is 4.91 Å². The summed E-state index contributed by atoms with van der Waals surface area (Å²) in [5.74, 6) is 0.473. The molecule has 0 radical (unpaired) electrons. The summed E-state index contributed by atoms with van der Waals surface area (Å²) in [5.41, 5.74) is 0. The van der Waals surface area contributed by atoms with E-state index in [1.165, 1.54) is 7.11 Å².